The van der Waals surface area contributed by atoms with Crippen molar-refractivity contribution in [3.05, 3.63) is 23.9 Å². The number of anilines is 1. The van der Waals surface area contributed by atoms with Crippen LogP contribution in [0, 0.1) is 12.3 Å². The first-order valence-corrected chi connectivity index (χ1v) is 6.66. The van der Waals surface area contributed by atoms with E-state index in [0.717, 1.165) is 38.3 Å². The Balaban J connectivity index is 2.81. The molecule has 1 aromatic heterocycles. The average Bonchev–Trinajstić information content (AvgIpc) is 2.39. The lowest BCUT2D eigenvalue weighted by Gasteiger charge is -2.23. The standard InChI is InChI=1S/C15H23N3/c1-4-9-16-13-14-8-7-10-17-15(14)18(11-5-2)12-6-3/h2,7-8,10,16H,4,6,9,11-13H2,1,3H3. The number of nitrogens with zero attached hydrogens (tertiary/aromatic N) is 2. The van der Waals surface area contributed by atoms with Crippen LogP contribution in [0.15, 0.2) is 18.3 Å². The van der Waals surface area contributed by atoms with Gasteiger partial charge in [0.15, 0.2) is 0 Å². The molecule has 0 atom stereocenters. The minimum atomic E-state index is 0.617. The second kappa shape index (κ2) is 8.54. The maximum Gasteiger partial charge on any atom is 0.133 e. The zero-order valence-electron chi connectivity index (χ0n) is 11.4. The predicted molar refractivity (Wildman–Crippen MR) is 77.6 cm³/mol. The SMILES string of the molecule is C#CCN(CCC)c1ncccc1CNCCC. The van der Waals surface area contributed by atoms with Gasteiger partial charge in [-0.1, -0.05) is 25.8 Å². The van der Waals surface area contributed by atoms with E-state index in [1.807, 2.05) is 12.3 Å². The van der Waals surface area contributed by atoms with Gasteiger partial charge >= 0.3 is 0 Å². The van der Waals surface area contributed by atoms with Crippen molar-refractivity contribution in [3.63, 3.8) is 0 Å². The van der Waals surface area contributed by atoms with E-state index in [9.17, 15) is 0 Å². The number of aromatic nitrogens is 1. The van der Waals surface area contributed by atoms with Gasteiger partial charge in [0, 0.05) is 24.8 Å². The Morgan fingerprint density at radius 1 is 1.39 bits per heavy atom. The Labute approximate surface area is 111 Å². The van der Waals surface area contributed by atoms with Gasteiger partial charge in [0.05, 0.1) is 6.54 Å². The molecule has 1 rings (SSSR count). The van der Waals surface area contributed by atoms with Gasteiger partial charge in [-0.3, -0.25) is 0 Å². The summed E-state index contributed by atoms with van der Waals surface area (Å²) in [5, 5.41) is 3.41. The molecule has 0 spiro atoms. The topological polar surface area (TPSA) is 28.2 Å². The first-order chi connectivity index (χ1) is 8.83. The second-order valence-corrected chi connectivity index (χ2v) is 4.29. The van der Waals surface area contributed by atoms with Crippen molar-refractivity contribution in [1.82, 2.24) is 10.3 Å². The van der Waals surface area contributed by atoms with E-state index in [0.29, 0.717) is 6.54 Å². The highest BCUT2D eigenvalue weighted by Gasteiger charge is 2.10. The largest absolute Gasteiger partial charge is 0.345 e. The normalized spacial score (nSPS) is 10.1. The van der Waals surface area contributed by atoms with Gasteiger partial charge in [-0.15, -0.1) is 6.42 Å². The molecule has 0 fully saturated rings. The number of hydrogen-bond donors (Lipinski definition) is 1. The summed E-state index contributed by atoms with van der Waals surface area (Å²) < 4.78 is 0. The van der Waals surface area contributed by atoms with Gasteiger partial charge in [-0.2, -0.15) is 0 Å². The molecule has 0 unspecified atom stereocenters. The van der Waals surface area contributed by atoms with Crippen LogP contribution in [-0.2, 0) is 6.54 Å². The fourth-order valence-corrected chi connectivity index (χ4v) is 1.89. The third-order valence-electron chi connectivity index (χ3n) is 2.68. The van der Waals surface area contributed by atoms with E-state index >= 15 is 0 Å². The molecule has 3 heteroatoms. The maximum atomic E-state index is 5.43. The molecule has 0 aromatic carbocycles. The summed E-state index contributed by atoms with van der Waals surface area (Å²) >= 11 is 0. The molecule has 0 saturated carbocycles. The Morgan fingerprint density at radius 3 is 2.89 bits per heavy atom. The van der Waals surface area contributed by atoms with Crippen molar-refractivity contribution < 1.29 is 0 Å². The van der Waals surface area contributed by atoms with E-state index in [2.05, 4.69) is 41.0 Å². The molecule has 0 bridgehead atoms. The summed E-state index contributed by atoms with van der Waals surface area (Å²) in [5.74, 6) is 3.73. The number of rotatable bonds is 8. The molecule has 1 aromatic rings. The third kappa shape index (κ3) is 4.38. The number of pyridine rings is 1. The Morgan fingerprint density at radius 2 is 2.22 bits per heavy atom. The molecule has 1 heterocycles. The van der Waals surface area contributed by atoms with Crippen LogP contribution >= 0.6 is 0 Å². The molecule has 3 nitrogen and oxygen atoms in total. The summed E-state index contributed by atoms with van der Waals surface area (Å²) in [7, 11) is 0. The summed E-state index contributed by atoms with van der Waals surface area (Å²) in [6, 6.07) is 4.09. The van der Waals surface area contributed by atoms with Crippen LogP contribution in [0.4, 0.5) is 5.82 Å². The van der Waals surface area contributed by atoms with Crippen molar-refractivity contribution >= 4 is 5.82 Å². The van der Waals surface area contributed by atoms with E-state index in [1.54, 1.807) is 0 Å². The van der Waals surface area contributed by atoms with E-state index < -0.39 is 0 Å². The van der Waals surface area contributed by atoms with E-state index in [-0.39, 0.29) is 0 Å². The zero-order valence-corrected chi connectivity index (χ0v) is 11.4. The predicted octanol–water partition coefficient (Wildman–Crippen LogP) is 2.43. The fraction of sp³-hybridized carbons (Fsp3) is 0.533. The summed E-state index contributed by atoms with van der Waals surface area (Å²) in [5.41, 5.74) is 1.22. The van der Waals surface area contributed by atoms with Crippen LogP contribution in [0.3, 0.4) is 0 Å². The van der Waals surface area contributed by atoms with Gasteiger partial charge in [0.25, 0.3) is 0 Å². The highest BCUT2D eigenvalue weighted by atomic mass is 15.2. The molecule has 0 saturated heterocycles. The number of hydrogen-bond acceptors (Lipinski definition) is 3. The number of terminal acetylenes is 1. The van der Waals surface area contributed by atoms with Crippen molar-refractivity contribution in [2.75, 3.05) is 24.5 Å². The van der Waals surface area contributed by atoms with Crippen LogP contribution in [0.25, 0.3) is 0 Å². The second-order valence-electron chi connectivity index (χ2n) is 4.29. The lowest BCUT2D eigenvalue weighted by atomic mass is 10.2. The molecule has 0 radical (unpaired) electrons. The minimum Gasteiger partial charge on any atom is -0.345 e. The van der Waals surface area contributed by atoms with Crippen LogP contribution in [0.5, 0.6) is 0 Å². The summed E-state index contributed by atoms with van der Waals surface area (Å²) in [6.07, 6.45) is 9.47. The van der Waals surface area contributed by atoms with Gasteiger partial charge in [-0.05, 0) is 25.5 Å². The smallest absolute Gasteiger partial charge is 0.133 e. The van der Waals surface area contributed by atoms with Gasteiger partial charge < -0.3 is 10.2 Å². The lowest BCUT2D eigenvalue weighted by Crippen LogP contribution is -2.27. The van der Waals surface area contributed by atoms with Crippen molar-refractivity contribution in [3.8, 4) is 12.3 Å². The third-order valence-corrected chi connectivity index (χ3v) is 2.68. The molecular weight excluding hydrogens is 222 g/mol. The molecular formula is C15H23N3. The monoisotopic (exact) mass is 245 g/mol. The Hall–Kier alpha value is -1.53. The van der Waals surface area contributed by atoms with Gasteiger partial charge in [0.1, 0.15) is 5.82 Å². The van der Waals surface area contributed by atoms with Crippen LogP contribution in [-0.4, -0.2) is 24.6 Å². The molecule has 0 aliphatic rings. The lowest BCUT2D eigenvalue weighted by molar-refractivity contribution is 0.670. The van der Waals surface area contributed by atoms with Crippen molar-refractivity contribution in [1.29, 1.82) is 0 Å². The van der Waals surface area contributed by atoms with Gasteiger partial charge in [-0.25, -0.2) is 4.98 Å². The van der Waals surface area contributed by atoms with Crippen LogP contribution < -0.4 is 10.2 Å². The molecule has 0 aliphatic heterocycles. The first kappa shape index (κ1) is 14.5. The molecule has 0 amide bonds. The summed E-state index contributed by atoms with van der Waals surface area (Å²) in [4.78, 5) is 6.65. The zero-order chi connectivity index (χ0) is 13.2. The highest BCUT2D eigenvalue weighted by molar-refractivity contribution is 5.47. The Bertz CT molecular complexity index is 382. The Kier molecular flexibility index (Phi) is 6.90. The quantitative estimate of drug-likeness (QED) is 0.563. The molecule has 98 valence electrons. The first-order valence-electron chi connectivity index (χ1n) is 6.66. The minimum absolute atomic E-state index is 0.617. The van der Waals surface area contributed by atoms with Crippen molar-refractivity contribution in [2.24, 2.45) is 0 Å². The molecule has 18 heavy (non-hydrogen) atoms. The van der Waals surface area contributed by atoms with Gasteiger partial charge in [0.2, 0.25) is 0 Å². The summed E-state index contributed by atoms with van der Waals surface area (Å²) in [6.45, 7) is 7.76. The average molecular weight is 245 g/mol. The van der Waals surface area contributed by atoms with Crippen LogP contribution in [0.2, 0.25) is 0 Å². The van der Waals surface area contributed by atoms with Crippen LogP contribution in [0.1, 0.15) is 32.3 Å². The highest BCUT2D eigenvalue weighted by Crippen LogP contribution is 2.17. The maximum absolute atomic E-state index is 5.43. The van der Waals surface area contributed by atoms with E-state index in [1.165, 1.54) is 5.56 Å². The molecule has 1 N–H and O–H groups in total. The number of nitrogens with one attached hydrogen (secondary N) is 1. The molecule has 0 aliphatic carbocycles. The van der Waals surface area contributed by atoms with E-state index in [4.69, 9.17) is 6.42 Å². The van der Waals surface area contributed by atoms with Crippen molar-refractivity contribution in [2.45, 2.75) is 33.2 Å². The fourth-order valence-electron chi connectivity index (χ4n) is 1.89.